The zero-order chi connectivity index (χ0) is 13.7. The molecule has 0 saturated carbocycles. The molecule has 1 aromatic rings. The van der Waals surface area contributed by atoms with E-state index in [0.717, 1.165) is 16.7 Å². The van der Waals surface area contributed by atoms with Gasteiger partial charge >= 0.3 is 0 Å². The standard InChI is InChI=1S/C13H18BrN3O2/c1-2-5-16-13(18)11-9-19-8-7-17(11)12-10(14)4-3-6-15-12/h3-4,6,11H,2,5,7-9H2,1H3,(H,16,18). The van der Waals surface area contributed by atoms with Gasteiger partial charge in [-0.2, -0.15) is 0 Å². The summed E-state index contributed by atoms with van der Waals surface area (Å²) in [5.74, 6) is 0.793. The summed E-state index contributed by atoms with van der Waals surface area (Å²) < 4.78 is 6.32. The highest BCUT2D eigenvalue weighted by Gasteiger charge is 2.31. The van der Waals surface area contributed by atoms with Crippen molar-refractivity contribution in [2.45, 2.75) is 19.4 Å². The average molecular weight is 328 g/mol. The lowest BCUT2D eigenvalue weighted by Crippen LogP contribution is -2.54. The number of nitrogens with one attached hydrogen (secondary N) is 1. The molecule has 1 aliphatic rings. The molecule has 0 bridgehead atoms. The number of pyridine rings is 1. The Morgan fingerprint density at radius 1 is 1.68 bits per heavy atom. The van der Waals surface area contributed by atoms with Crippen LogP contribution in [-0.2, 0) is 9.53 Å². The van der Waals surface area contributed by atoms with Crippen LogP contribution in [0, 0.1) is 0 Å². The monoisotopic (exact) mass is 327 g/mol. The van der Waals surface area contributed by atoms with E-state index in [1.54, 1.807) is 6.20 Å². The van der Waals surface area contributed by atoms with Crippen molar-refractivity contribution in [2.75, 3.05) is 31.2 Å². The number of morpholine rings is 1. The van der Waals surface area contributed by atoms with E-state index in [9.17, 15) is 4.79 Å². The van der Waals surface area contributed by atoms with Crippen molar-refractivity contribution in [1.82, 2.24) is 10.3 Å². The highest BCUT2D eigenvalue weighted by molar-refractivity contribution is 9.10. The fourth-order valence-electron chi connectivity index (χ4n) is 2.03. The third-order valence-electron chi connectivity index (χ3n) is 2.99. The first kappa shape index (κ1) is 14.3. The van der Waals surface area contributed by atoms with Crippen molar-refractivity contribution in [3.63, 3.8) is 0 Å². The molecule has 104 valence electrons. The summed E-state index contributed by atoms with van der Waals surface area (Å²) in [4.78, 5) is 18.5. The molecular weight excluding hydrogens is 310 g/mol. The van der Waals surface area contributed by atoms with E-state index >= 15 is 0 Å². The zero-order valence-electron chi connectivity index (χ0n) is 10.9. The van der Waals surface area contributed by atoms with Crippen LogP contribution in [0.4, 0.5) is 5.82 Å². The average Bonchev–Trinajstić information content (AvgIpc) is 2.45. The molecule has 1 unspecified atom stereocenters. The van der Waals surface area contributed by atoms with Gasteiger partial charge in [-0.05, 0) is 34.5 Å². The number of hydrogen-bond donors (Lipinski definition) is 1. The Morgan fingerprint density at radius 2 is 2.53 bits per heavy atom. The number of ether oxygens (including phenoxy) is 1. The molecule has 19 heavy (non-hydrogen) atoms. The van der Waals surface area contributed by atoms with Crippen LogP contribution in [0.25, 0.3) is 0 Å². The number of aromatic nitrogens is 1. The first-order valence-electron chi connectivity index (χ1n) is 6.46. The molecule has 1 atom stereocenters. The molecule has 0 radical (unpaired) electrons. The van der Waals surface area contributed by atoms with E-state index in [4.69, 9.17) is 4.74 Å². The predicted octanol–water partition coefficient (Wildman–Crippen LogP) is 1.58. The second-order valence-electron chi connectivity index (χ2n) is 4.38. The van der Waals surface area contributed by atoms with E-state index in [0.29, 0.717) is 26.3 Å². The van der Waals surface area contributed by atoms with Crippen LogP contribution in [0.15, 0.2) is 22.8 Å². The van der Waals surface area contributed by atoms with Crippen molar-refractivity contribution in [3.05, 3.63) is 22.8 Å². The Balaban J connectivity index is 2.16. The van der Waals surface area contributed by atoms with Gasteiger partial charge in [0.1, 0.15) is 11.9 Å². The lowest BCUT2D eigenvalue weighted by Gasteiger charge is -2.35. The van der Waals surface area contributed by atoms with Gasteiger partial charge in [0.15, 0.2) is 0 Å². The van der Waals surface area contributed by atoms with Crippen molar-refractivity contribution >= 4 is 27.7 Å². The van der Waals surface area contributed by atoms with E-state index in [2.05, 4.69) is 26.2 Å². The Hall–Kier alpha value is -1.14. The highest BCUT2D eigenvalue weighted by Crippen LogP contribution is 2.26. The molecule has 1 aliphatic heterocycles. The summed E-state index contributed by atoms with van der Waals surface area (Å²) >= 11 is 3.48. The summed E-state index contributed by atoms with van der Waals surface area (Å²) in [6, 6.07) is 3.48. The van der Waals surface area contributed by atoms with Gasteiger partial charge in [-0.15, -0.1) is 0 Å². The third kappa shape index (κ3) is 3.45. The van der Waals surface area contributed by atoms with Crippen LogP contribution in [-0.4, -0.2) is 43.2 Å². The van der Waals surface area contributed by atoms with Gasteiger partial charge in [0, 0.05) is 19.3 Å². The van der Waals surface area contributed by atoms with Crippen molar-refractivity contribution < 1.29 is 9.53 Å². The lowest BCUT2D eigenvalue weighted by molar-refractivity contribution is -0.124. The molecule has 2 heterocycles. The third-order valence-corrected chi connectivity index (χ3v) is 3.61. The molecule has 1 amide bonds. The quantitative estimate of drug-likeness (QED) is 0.912. The minimum Gasteiger partial charge on any atom is -0.377 e. The number of carbonyl (C=O) groups excluding carboxylic acids is 1. The molecule has 1 N–H and O–H groups in total. The van der Waals surface area contributed by atoms with Gasteiger partial charge in [0.05, 0.1) is 17.7 Å². The molecule has 1 aromatic heterocycles. The largest absolute Gasteiger partial charge is 0.377 e. The van der Waals surface area contributed by atoms with Crippen LogP contribution in [0.1, 0.15) is 13.3 Å². The van der Waals surface area contributed by atoms with Gasteiger partial charge in [0.2, 0.25) is 5.91 Å². The number of hydrogen-bond acceptors (Lipinski definition) is 4. The molecule has 0 aliphatic carbocycles. The molecule has 0 aromatic carbocycles. The van der Waals surface area contributed by atoms with Gasteiger partial charge in [-0.3, -0.25) is 4.79 Å². The zero-order valence-corrected chi connectivity index (χ0v) is 12.5. The van der Waals surface area contributed by atoms with Crippen molar-refractivity contribution in [1.29, 1.82) is 0 Å². The number of amides is 1. The molecule has 6 heteroatoms. The maximum Gasteiger partial charge on any atom is 0.245 e. The maximum atomic E-state index is 12.2. The van der Waals surface area contributed by atoms with E-state index < -0.39 is 0 Å². The fourth-order valence-corrected chi connectivity index (χ4v) is 2.51. The Labute approximate surface area is 121 Å². The Kier molecular flexibility index (Phi) is 5.15. The predicted molar refractivity (Wildman–Crippen MR) is 77.2 cm³/mol. The highest BCUT2D eigenvalue weighted by atomic mass is 79.9. The second kappa shape index (κ2) is 6.86. The maximum absolute atomic E-state index is 12.2. The summed E-state index contributed by atoms with van der Waals surface area (Å²) in [5.41, 5.74) is 0. The van der Waals surface area contributed by atoms with Crippen LogP contribution in [0.3, 0.4) is 0 Å². The van der Waals surface area contributed by atoms with Crippen LogP contribution in [0.2, 0.25) is 0 Å². The summed E-state index contributed by atoms with van der Waals surface area (Å²) in [6.07, 6.45) is 2.66. The Morgan fingerprint density at radius 3 is 3.26 bits per heavy atom. The molecular formula is C13H18BrN3O2. The van der Waals surface area contributed by atoms with Crippen molar-refractivity contribution in [2.24, 2.45) is 0 Å². The molecule has 5 nitrogen and oxygen atoms in total. The van der Waals surface area contributed by atoms with Crippen LogP contribution < -0.4 is 10.2 Å². The van der Waals surface area contributed by atoms with Gasteiger partial charge in [-0.1, -0.05) is 6.92 Å². The number of carbonyl (C=O) groups is 1. The van der Waals surface area contributed by atoms with E-state index in [-0.39, 0.29) is 11.9 Å². The smallest absolute Gasteiger partial charge is 0.245 e. The fraction of sp³-hybridized carbons (Fsp3) is 0.538. The topological polar surface area (TPSA) is 54.5 Å². The molecule has 0 spiro atoms. The number of nitrogens with zero attached hydrogens (tertiary/aromatic N) is 2. The molecule has 1 saturated heterocycles. The first-order chi connectivity index (χ1) is 9.24. The summed E-state index contributed by atoms with van der Waals surface area (Å²) in [7, 11) is 0. The van der Waals surface area contributed by atoms with Crippen molar-refractivity contribution in [3.8, 4) is 0 Å². The summed E-state index contributed by atoms with van der Waals surface area (Å²) in [5, 5.41) is 2.92. The first-order valence-corrected chi connectivity index (χ1v) is 7.26. The van der Waals surface area contributed by atoms with Crippen LogP contribution in [0.5, 0.6) is 0 Å². The van der Waals surface area contributed by atoms with Gasteiger partial charge in [-0.25, -0.2) is 4.98 Å². The molecule has 2 rings (SSSR count). The number of rotatable bonds is 4. The number of anilines is 1. The summed E-state index contributed by atoms with van der Waals surface area (Å²) in [6.45, 7) is 4.40. The SMILES string of the molecule is CCCNC(=O)C1COCCN1c1ncccc1Br. The van der Waals surface area contributed by atoms with Gasteiger partial charge in [0.25, 0.3) is 0 Å². The lowest BCUT2D eigenvalue weighted by atomic mass is 10.2. The second-order valence-corrected chi connectivity index (χ2v) is 5.24. The van der Waals surface area contributed by atoms with E-state index in [1.165, 1.54) is 0 Å². The molecule has 1 fully saturated rings. The van der Waals surface area contributed by atoms with Crippen LogP contribution >= 0.6 is 15.9 Å². The van der Waals surface area contributed by atoms with E-state index in [1.807, 2.05) is 24.0 Å². The van der Waals surface area contributed by atoms with Gasteiger partial charge < -0.3 is 15.0 Å². The minimum absolute atomic E-state index is 0.000830. The number of halogens is 1. The minimum atomic E-state index is -0.313. The normalized spacial score (nSPS) is 19.3. The Bertz CT molecular complexity index is 442.